The maximum Gasteiger partial charge on any atom is 0.246 e. The van der Waals surface area contributed by atoms with Gasteiger partial charge in [-0.3, -0.25) is 4.79 Å². The van der Waals surface area contributed by atoms with Gasteiger partial charge in [-0.2, -0.15) is 0 Å². The summed E-state index contributed by atoms with van der Waals surface area (Å²) in [5.74, 6) is 0.729. The van der Waals surface area contributed by atoms with Crippen molar-refractivity contribution in [2.45, 2.75) is 18.9 Å². The van der Waals surface area contributed by atoms with Crippen molar-refractivity contribution >= 4 is 23.6 Å². The van der Waals surface area contributed by atoms with E-state index in [4.69, 9.17) is 11.6 Å². The van der Waals surface area contributed by atoms with Gasteiger partial charge in [-0.15, -0.1) is 0 Å². The van der Waals surface area contributed by atoms with Gasteiger partial charge in [0.2, 0.25) is 5.91 Å². The Kier molecular flexibility index (Phi) is 4.83. The molecule has 1 saturated heterocycles. The van der Waals surface area contributed by atoms with Crippen LogP contribution in [-0.2, 0) is 11.8 Å². The van der Waals surface area contributed by atoms with E-state index in [1.54, 1.807) is 22.9 Å². The van der Waals surface area contributed by atoms with Crippen LogP contribution in [0.15, 0.2) is 12.3 Å². The Labute approximate surface area is 124 Å². The number of carbonyl (C=O) groups is 1. The highest BCUT2D eigenvalue weighted by Crippen LogP contribution is 2.15. The van der Waals surface area contributed by atoms with E-state index < -0.39 is 0 Å². The molecule has 0 spiro atoms. The number of carbonyl (C=O) groups excluding carboxylic acids is 1. The van der Waals surface area contributed by atoms with E-state index in [2.05, 4.69) is 24.0 Å². The molecule has 6 heteroatoms. The van der Waals surface area contributed by atoms with E-state index >= 15 is 0 Å². The Morgan fingerprint density at radius 2 is 2.10 bits per heavy atom. The fourth-order valence-corrected chi connectivity index (χ4v) is 2.55. The number of hydrogen-bond donors (Lipinski definition) is 0. The maximum atomic E-state index is 12.1. The minimum Gasteiger partial charge on any atom is -0.339 e. The minimum absolute atomic E-state index is 0.0429. The maximum absolute atomic E-state index is 12.1. The van der Waals surface area contributed by atoms with Crippen LogP contribution in [0.3, 0.4) is 0 Å². The predicted octanol–water partition coefficient (Wildman–Crippen LogP) is 1.64. The second-order valence-corrected chi connectivity index (χ2v) is 5.74. The minimum atomic E-state index is 0.0429. The van der Waals surface area contributed by atoms with Crippen LogP contribution >= 0.6 is 11.6 Å². The third kappa shape index (κ3) is 3.41. The monoisotopic (exact) mass is 296 g/mol. The van der Waals surface area contributed by atoms with E-state index in [9.17, 15) is 4.79 Å². The first-order valence-corrected chi connectivity index (χ1v) is 7.17. The summed E-state index contributed by atoms with van der Waals surface area (Å²) in [6.07, 6.45) is 6.93. The van der Waals surface area contributed by atoms with Crippen LogP contribution in [-0.4, -0.2) is 58.5 Å². The second kappa shape index (κ2) is 6.41. The Morgan fingerprint density at radius 1 is 1.45 bits per heavy atom. The standard InChI is InChI=1S/C14H21ClN4O/c1-17(2)11-6-8-19(9-7-11)14(20)5-4-13-16-10-12(15)18(13)3/h4-5,10-11H,6-9H2,1-3H3/b5-4+. The summed E-state index contributed by atoms with van der Waals surface area (Å²) >= 11 is 5.91. The third-order valence-corrected chi connectivity index (χ3v) is 4.20. The number of rotatable bonds is 3. The summed E-state index contributed by atoms with van der Waals surface area (Å²) in [7, 11) is 6.00. The lowest BCUT2D eigenvalue weighted by atomic mass is 10.0. The first-order chi connectivity index (χ1) is 9.49. The molecular weight excluding hydrogens is 276 g/mol. The number of likely N-dealkylation sites (tertiary alicyclic amines) is 1. The summed E-state index contributed by atoms with van der Waals surface area (Å²) in [4.78, 5) is 20.4. The van der Waals surface area contributed by atoms with Gasteiger partial charge in [-0.1, -0.05) is 11.6 Å². The van der Waals surface area contributed by atoms with Crippen LogP contribution in [0.5, 0.6) is 0 Å². The van der Waals surface area contributed by atoms with Crippen molar-refractivity contribution in [3.05, 3.63) is 23.3 Å². The summed E-state index contributed by atoms with van der Waals surface area (Å²) in [6.45, 7) is 1.63. The summed E-state index contributed by atoms with van der Waals surface area (Å²) < 4.78 is 1.74. The molecule has 0 bridgehead atoms. The predicted molar refractivity (Wildman–Crippen MR) is 80.5 cm³/mol. The number of amides is 1. The Hall–Kier alpha value is -1.33. The second-order valence-electron chi connectivity index (χ2n) is 5.35. The molecule has 110 valence electrons. The molecule has 2 rings (SSSR count). The van der Waals surface area contributed by atoms with Crippen LogP contribution in [0.4, 0.5) is 0 Å². The van der Waals surface area contributed by atoms with E-state index in [0.717, 1.165) is 25.9 Å². The fraction of sp³-hybridized carbons (Fsp3) is 0.571. The SMILES string of the molecule is CN(C)C1CCN(C(=O)/C=C/c2ncc(Cl)n2C)CC1. The molecule has 1 aliphatic heterocycles. The van der Waals surface area contributed by atoms with Crippen molar-refractivity contribution in [1.82, 2.24) is 19.4 Å². The number of hydrogen-bond acceptors (Lipinski definition) is 3. The van der Waals surface area contributed by atoms with Gasteiger partial charge < -0.3 is 14.4 Å². The first kappa shape index (κ1) is 15.1. The van der Waals surface area contributed by atoms with Crippen LogP contribution < -0.4 is 0 Å². The average molecular weight is 297 g/mol. The normalized spacial score (nSPS) is 17.4. The molecule has 0 N–H and O–H groups in total. The molecule has 0 unspecified atom stereocenters. The lowest BCUT2D eigenvalue weighted by Gasteiger charge is -2.34. The van der Waals surface area contributed by atoms with Crippen molar-refractivity contribution in [3.63, 3.8) is 0 Å². The zero-order chi connectivity index (χ0) is 14.7. The Bertz CT molecular complexity index is 501. The Morgan fingerprint density at radius 3 is 2.60 bits per heavy atom. The van der Waals surface area contributed by atoms with E-state index in [1.165, 1.54) is 0 Å². The van der Waals surface area contributed by atoms with Gasteiger partial charge in [-0.25, -0.2) is 4.98 Å². The summed E-state index contributed by atoms with van der Waals surface area (Å²) in [5.41, 5.74) is 0. The van der Waals surface area contributed by atoms with Crippen LogP contribution in [0, 0.1) is 0 Å². The number of aromatic nitrogens is 2. The van der Waals surface area contributed by atoms with Crippen LogP contribution in [0.25, 0.3) is 6.08 Å². The van der Waals surface area contributed by atoms with Gasteiger partial charge in [0.1, 0.15) is 11.0 Å². The Balaban J connectivity index is 1.91. The smallest absolute Gasteiger partial charge is 0.246 e. The van der Waals surface area contributed by atoms with Crippen LogP contribution in [0.2, 0.25) is 5.15 Å². The molecule has 0 aliphatic carbocycles. The van der Waals surface area contributed by atoms with Crippen molar-refractivity contribution in [1.29, 1.82) is 0 Å². The van der Waals surface area contributed by atoms with Gasteiger partial charge >= 0.3 is 0 Å². The topological polar surface area (TPSA) is 41.4 Å². The molecule has 1 fully saturated rings. The van der Waals surface area contributed by atoms with Gasteiger partial charge in [0.25, 0.3) is 0 Å². The summed E-state index contributed by atoms with van der Waals surface area (Å²) in [6, 6.07) is 0.580. The van der Waals surface area contributed by atoms with Crippen molar-refractivity contribution < 1.29 is 4.79 Å². The van der Waals surface area contributed by atoms with Gasteiger partial charge in [0.15, 0.2) is 0 Å². The van der Waals surface area contributed by atoms with E-state index in [-0.39, 0.29) is 5.91 Å². The molecular formula is C14H21ClN4O. The number of halogens is 1. The third-order valence-electron chi connectivity index (χ3n) is 3.85. The van der Waals surface area contributed by atoms with Crippen molar-refractivity contribution in [3.8, 4) is 0 Å². The number of imidazole rings is 1. The lowest BCUT2D eigenvalue weighted by Crippen LogP contribution is -2.43. The fourth-order valence-electron chi connectivity index (χ4n) is 2.41. The highest BCUT2D eigenvalue weighted by atomic mass is 35.5. The molecule has 2 heterocycles. The summed E-state index contributed by atoms with van der Waals surface area (Å²) in [5, 5.41) is 0.559. The molecule has 1 aromatic rings. The first-order valence-electron chi connectivity index (χ1n) is 6.79. The van der Waals surface area contributed by atoms with Crippen molar-refractivity contribution in [2.75, 3.05) is 27.2 Å². The number of nitrogens with zero attached hydrogens (tertiary/aromatic N) is 4. The van der Waals surface area contributed by atoms with Gasteiger partial charge in [-0.05, 0) is 33.0 Å². The van der Waals surface area contributed by atoms with E-state index in [0.29, 0.717) is 17.0 Å². The highest BCUT2D eigenvalue weighted by molar-refractivity contribution is 6.29. The molecule has 0 saturated carbocycles. The van der Waals surface area contributed by atoms with Crippen LogP contribution in [0.1, 0.15) is 18.7 Å². The molecule has 20 heavy (non-hydrogen) atoms. The quantitative estimate of drug-likeness (QED) is 0.796. The molecule has 1 aromatic heterocycles. The average Bonchev–Trinajstić information content (AvgIpc) is 2.76. The van der Waals surface area contributed by atoms with E-state index in [1.807, 2.05) is 11.9 Å². The highest BCUT2D eigenvalue weighted by Gasteiger charge is 2.22. The molecule has 5 nitrogen and oxygen atoms in total. The zero-order valence-electron chi connectivity index (χ0n) is 12.2. The lowest BCUT2D eigenvalue weighted by molar-refractivity contribution is -0.127. The molecule has 1 amide bonds. The largest absolute Gasteiger partial charge is 0.339 e. The number of piperidine rings is 1. The van der Waals surface area contributed by atoms with Crippen molar-refractivity contribution in [2.24, 2.45) is 7.05 Å². The zero-order valence-corrected chi connectivity index (χ0v) is 13.0. The molecule has 0 radical (unpaired) electrons. The molecule has 1 aliphatic rings. The molecule has 0 atom stereocenters. The van der Waals surface area contributed by atoms with Gasteiger partial charge in [0.05, 0.1) is 6.20 Å². The van der Waals surface area contributed by atoms with Gasteiger partial charge in [0, 0.05) is 32.3 Å². The molecule has 0 aromatic carbocycles.